The van der Waals surface area contributed by atoms with Crippen LogP contribution < -0.4 is 66.7 Å². The number of carboxylic acids is 2. The van der Waals surface area contributed by atoms with Crippen molar-refractivity contribution in [3.63, 3.8) is 0 Å². The molecule has 1 heterocycles. The van der Waals surface area contributed by atoms with Crippen molar-refractivity contribution < 1.29 is 53.4 Å². The van der Waals surface area contributed by atoms with E-state index in [0.29, 0.717) is 38.6 Å². The van der Waals surface area contributed by atoms with Gasteiger partial charge in [-0.05, 0) is 76.7 Å². The quantitative estimate of drug-likeness (QED) is 0.0182. The molecule has 21 N–H and O–H groups in total. The molecule has 0 radical (unpaired) electrons. The van der Waals surface area contributed by atoms with Crippen LogP contribution >= 0.6 is 0 Å². The number of aliphatic carboxylic acids is 2. The molecule has 63 heavy (non-hydrogen) atoms. The van der Waals surface area contributed by atoms with Crippen molar-refractivity contribution in [3.8, 4) is 0 Å². The van der Waals surface area contributed by atoms with Crippen LogP contribution in [0.5, 0.6) is 0 Å². The number of amides is 7. The zero-order valence-corrected chi connectivity index (χ0v) is 35.9. The van der Waals surface area contributed by atoms with E-state index in [1.165, 1.54) is 4.90 Å². The summed E-state index contributed by atoms with van der Waals surface area (Å²) in [4.78, 5) is 125. The monoisotopic (exact) mass is 898 g/mol. The molecule has 0 spiro atoms. The number of hydrogen-bond donors (Lipinski definition) is 14. The number of rotatable bonds is 30. The van der Waals surface area contributed by atoms with Gasteiger partial charge in [-0.25, -0.2) is 4.79 Å². The Balaban J connectivity index is 3.31. The van der Waals surface area contributed by atoms with E-state index >= 15 is 0 Å². The zero-order valence-electron chi connectivity index (χ0n) is 35.9. The van der Waals surface area contributed by atoms with Gasteiger partial charge in [0, 0.05) is 26.1 Å². The van der Waals surface area contributed by atoms with E-state index in [1.54, 1.807) is 13.8 Å². The fourth-order valence-electron chi connectivity index (χ4n) is 6.48. The largest absolute Gasteiger partial charge is 0.481 e. The number of nitrogens with two attached hydrogens (primary N) is 7. The maximum Gasteiger partial charge on any atom is 0.326 e. The molecule has 0 aromatic carbocycles. The van der Waals surface area contributed by atoms with Crippen molar-refractivity contribution in [2.24, 2.45) is 56.0 Å². The van der Waals surface area contributed by atoms with Crippen LogP contribution in [0, 0.1) is 5.92 Å². The summed E-state index contributed by atoms with van der Waals surface area (Å²) in [6, 6.07) is -9.35. The molecule has 1 fully saturated rings. The maximum atomic E-state index is 13.9. The van der Waals surface area contributed by atoms with Crippen molar-refractivity contribution in [2.45, 2.75) is 133 Å². The molecule has 1 aliphatic heterocycles. The smallest absolute Gasteiger partial charge is 0.326 e. The lowest BCUT2D eigenvalue weighted by atomic mass is 10.00. The molecular formula is C37H67N15O11. The first-order chi connectivity index (χ1) is 29.6. The van der Waals surface area contributed by atoms with E-state index < -0.39 is 121 Å². The van der Waals surface area contributed by atoms with Gasteiger partial charge in [0.25, 0.3) is 0 Å². The predicted molar refractivity (Wildman–Crippen MR) is 228 cm³/mol. The number of carbonyl (C=O) groups excluding carboxylic acids is 7. The van der Waals surface area contributed by atoms with E-state index in [1.807, 2.05) is 0 Å². The second-order valence-corrected chi connectivity index (χ2v) is 15.4. The maximum absolute atomic E-state index is 13.9. The molecule has 356 valence electrons. The molecule has 26 nitrogen and oxygen atoms in total. The molecule has 1 aliphatic rings. The number of primary amides is 1. The van der Waals surface area contributed by atoms with Crippen molar-refractivity contribution in [1.29, 1.82) is 0 Å². The van der Waals surface area contributed by atoms with Crippen molar-refractivity contribution in [3.05, 3.63) is 0 Å². The van der Waals surface area contributed by atoms with Crippen LogP contribution in [0.2, 0.25) is 0 Å². The molecule has 7 atom stereocenters. The van der Waals surface area contributed by atoms with Crippen LogP contribution in [0.1, 0.15) is 90.9 Å². The fraction of sp³-hybridized carbons (Fsp3) is 0.703. The first kappa shape index (κ1) is 54.7. The second-order valence-electron chi connectivity index (χ2n) is 15.4. The SMILES string of the molecule is CC(C)[C@H](NC(=O)[C@H](CCCCN)NC(=O)[C@@H]1CCCN1C(=O)[C@@H](N)CCCN=C(N)N)C(=O)N[C@@H](CCCN=C(N)N)C(=O)N[C@@H](CC(=O)O)C(=O)N[C@@H](CCC(N)=O)C(=O)O. The van der Waals surface area contributed by atoms with Gasteiger partial charge < -0.3 is 81.8 Å². The highest BCUT2D eigenvalue weighted by atomic mass is 16.4. The number of unbranched alkanes of at least 4 members (excludes halogenated alkanes) is 1. The topological polar surface area (TPSA) is 464 Å². The minimum absolute atomic E-state index is 0.00885. The van der Waals surface area contributed by atoms with Crippen LogP contribution in [0.4, 0.5) is 0 Å². The summed E-state index contributed by atoms with van der Waals surface area (Å²) in [7, 11) is 0. The lowest BCUT2D eigenvalue weighted by Crippen LogP contribution is -2.60. The molecule has 0 aromatic rings. The number of nitrogens with zero attached hydrogens (tertiary/aromatic N) is 3. The fourth-order valence-corrected chi connectivity index (χ4v) is 6.48. The molecule has 26 heteroatoms. The summed E-state index contributed by atoms with van der Waals surface area (Å²) < 4.78 is 0. The van der Waals surface area contributed by atoms with Gasteiger partial charge in [-0.3, -0.25) is 48.3 Å². The summed E-state index contributed by atoms with van der Waals surface area (Å²) in [5, 5.41) is 31.3. The van der Waals surface area contributed by atoms with Crippen LogP contribution in [0.25, 0.3) is 0 Å². The Morgan fingerprint density at radius 1 is 0.667 bits per heavy atom. The first-order valence-electron chi connectivity index (χ1n) is 20.7. The van der Waals surface area contributed by atoms with Crippen LogP contribution in [-0.4, -0.2) is 149 Å². The molecule has 1 rings (SSSR count). The minimum atomic E-state index is -1.85. The third kappa shape index (κ3) is 20.9. The number of guanidine groups is 2. The second kappa shape index (κ2) is 28.3. The molecule has 0 aliphatic carbocycles. The van der Waals surface area contributed by atoms with Crippen LogP contribution in [0.3, 0.4) is 0 Å². The highest BCUT2D eigenvalue weighted by Gasteiger charge is 2.39. The van der Waals surface area contributed by atoms with Gasteiger partial charge in [-0.1, -0.05) is 13.8 Å². The highest BCUT2D eigenvalue weighted by molar-refractivity contribution is 5.98. The average Bonchev–Trinajstić information content (AvgIpc) is 3.69. The number of carbonyl (C=O) groups is 9. The zero-order chi connectivity index (χ0) is 47.8. The van der Waals surface area contributed by atoms with Crippen molar-refractivity contribution in [2.75, 3.05) is 26.2 Å². The Hall–Kier alpha value is -6.31. The third-order valence-electron chi connectivity index (χ3n) is 9.83. The van der Waals surface area contributed by atoms with Crippen molar-refractivity contribution in [1.82, 2.24) is 31.5 Å². The number of carboxylic acid groups (broad SMARTS) is 2. The van der Waals surface area contributed by atoms with E-state index in [4.69, 9.17) is 40.1 Å². The average molecular weight is 898 g/mol. The normalized spacial score (nSPS) is 16.2. The van der Waals surface area contributed by atoms with Crippen LogP contribution in [-0.2, 0) is 43.2 Å². The minimum Gasteiger partial charge on any atom is -0.481 e. The lowest BCUT2D eigenvalue weighted by Gasteiger charge is -2.30. The Kier molecular flexibility index (Phi) is 24.6. The third-order valence-corrected chi connectivity index (χ3v) is 9.83. The van der Waals surface area contributed by atoms with E-state index in [9.17, 15) is 53.4 Å². The molecule has 0 bridgehead atoms. The summed E-state index contributed by atoms with van der Waals surface area (Å²) in [5.74, 6) is -9.87. The van der Waals surface area contributed by atoms with Gasteiger partial charge in [0.05, 0.1) is 12.5 Å². The van der Waals surface area contributed by atoms with E-state index in [2.05, 4.69) is 36.6 Å². The van der Waals surface area contributed by atoms with Gasteiger partial charge in [-0.15, -0.1) is 0 Å². The summed E-state index contributed by atoms with van der Waals surface area (Å²) >= 11 is 0. The molecule has 0 aromatic heterocycles. The Bertz CT molecular complexity index is 1650. The molecular weight excluding hydrogens is 831 g/mol. The molecule has 1 saturated heterocycles. The van der Waals surface area contributed by atoms with E-state index in [-0.39, 0.29) is 57.2 Å². The number of hydrogen-bond acceptors (Lipinski definition) is 13. The summed E-state index contributed by atoms with van der Waals surface area (Å²) in [5.41, 5.74) is 38.4. The summed E-state index contributed by atoms with van der Waals surface area (Å²) in [6.45, 7) is 4.02. The molecule has 0 saturated carbocycles. The predicted octanol–water partition coefficient (Wildman–Crippen LogP) is -5.55. The Morgan fingerprint density at radius 2 is 1.19 bits per heavy atom. The number of likely N-dealkylation sites (tertiary alicyclic amines) is 1. The molecule has 0 unspecified atom stereocenters. The van der Waals surface area contributed by atoms with Gasteiger partial charge in [-0.2, -0.15) is 0 Å². The first-order valence-corrected chi connectivity index (χ1v) is 20.7. The molecule has 7 amide bonds. The lowest BCUT2D eigenvalue weighted by molar-refractivity contribution is -0.144. The van der Waals surface area contributed by atoms with Gasteiger partial charge >= 0.3 is 11.9 Å². The van der Waals surface area contributed by atoms with Gasteiger partial charge in [0.15, 0.2) is 11.9 Å². The highest BCUT2D eigenvalue weighted by Crippen LogP contribution is 2.20. The van der Waals surface area contributed by atoms with Crippen LogP contribution in [0.15, 0.2) is 9.98 Å². The van der Waals surface area contributed by atoms with E-state index in [0.717, 1.165) is 0 Å². The van der Waals surface area contributed by atoms with Crippen molar-refractivity contribution >= 4 is 65.2 Å². The Morgan fingerprint density at radius 3 is 1.73 bits per heavy atom. The number of nitrogens with one attached hydrogen (secondary N) is 5. The summed E-state index contributed by atoms with van der Waals surface area (Å²) in [6.07, 6.45) is 0.568. The Labute approximate surface area is 365 Å². The standard InChI is InChI=1S/C37H67N15O11/c1-19(2)28(51-30(57)21(9-3-4-14-38)47-32(59)25-11-7-17-52(25)34(61)20(39)8-5-15-45-36(41)42)33(60)48-22(10-6-16-46-37(43)44)29(56)50-24(18-27(54)55)31(58)49-23(35(62)63)12-13-26(40)53/h19-25,28H,3-18,38-39H2,1-2H3,(H2,40,53)(H,47,59)(H,48,60)(H,49,58)(H,50,56)(H,51,57)(H,54,55)(H,62,63)(H4,41,42,45)(H4,43,44,46)/t20-,21-,22-,23-,24-,25-,28-/m0/s1. The van der Waals surface area contributed by atoms with Gasteiger partial charge in [0.2, 0.25) is 41.4 Å². The number of aliphatic imine (C=N–C) groups is 2. The van der Waals surface area contributed by atoms with Gasteiger partial charge in [0.1, 0.15) is 36.3 Å².